The van der Waals surface area contributed by atoms with Crippen LogP contribution in [-0.4, -0.2) is 31.3 Å². The van der Waals surface area contributed by atoms with Crippen LogP contribution in [0.3, 0.4) is 0 Å². The van der Waals surface area contributed by atoms with Gasteiger partial charge in [-0.2, -0.15) is 0 Å². The molecule has 6 heteroatoms. The Bertz CT molecular complexity index is 425. The molecule has 1 aliphatic carbocycles. The van der Waals surface area contributed by atoms with E-state index in [1.807, 2.05) is 0 Å². The van der Waals surface area contributed by atoms with Gasteiger partial charge in [0.05, 0.1) is 5.92 Å². The van der Waals surface area contributed by atoms with Gasteiger partial charge in [0, 0.05) is 13.0 Å². The van der Waals surface area contributed by atoms with E-state index in [-0.39, 0.29) is 5.92 Å². The second kappa shape index (κ2) is 7.36. The Morgan fingerprint density at radius 1 is 1.35 bits per heavy atom. The van der Waals surface area contributed by atoms with Crippen molar-refractivity contribution in [1.29, 1.82) is 0 Å². The van der Waals surface area contributed by atoms with E-state index in [9.17, 15) is 4.79 Å². The van der Waals surface area contributed by atoms with Crippen LogP contribution in [-0.2, 0) is 17.8 Å². The molecule has 1 heterocycles. The number of tetrazole rings is 1. The predicted octanol–water partition coefficient (Wildman–Crippen LogP) is 2.30. The Hall–Kier alpha value is -1.46. The van der Waals surface area contributed by atoms with Crippen molar-refractivity contribution in [3.63, 3.8) is 0 Å². The molecule has 20 heavy (non-hydrogen) atoms. The van der Waals surface area contributed by atoms with Gasteiger partial charge in [0.15, 0.2) is 5.82 Å². The summed E-state index contributed by atoms with van der Waals surface area (Å²) in [6.07, 6.45) is 9.32. The van der Waals surface area contributed by atoms with Crippen molar-refractivity contribution >= 4 is 5.97 Å². The number of aliphatic carboxylic acids is 1. The van der Waals surface area contributed by atoms with Crippen LogP contribution in [0.2, 0.25) is 0 Å². The van der Waals surface area contributed by atoms with E-state index in [0.717, 1.165) is 12.2 Å². The minimum absolute atomic E-state index is 0.357. The monoisotopic (exact) mass is 280 g/mol. The highest BCUT2D eigenvalue weighted by Gasteiger charge is 2.18. The molecular formula is C14H24N4O2. The minimum Gasteiger partial charge on any atom is -0.481 e. The zero-order valence-electron chi connectivity index (χ0n) is 12.2. The van der Waals surface area contributed by atoms with Gasteiger partial charge >= 0.3 is 5.97 Å². The summed E-state index contributed by atoms with van der Waals surface area (Å²) in [5.41, 5.74) is 0. The molecule has 1 atom stereocenters. The third-order valence-electron chi connectivity index (χ3n) is 4.25. The van der Waals surface area contributed by atoms with Crippen molar-refractivity contribution in [2.24, 2.45) is 11.8 Å². The van der Waals surface area contributed by atoms with Crippen molar-refractivity contribution in [1.82, 2.24) is 20.2 Å². The molecule has 0 radical (unpaired) electrons. The number of hydrogen-bond acceptors (Lipinski definition) is 4. The standard InChI is InChI=1S/C14H24N4O2/c1-11(14(19)20)8-9-18-13(15-16-17-18)10-12-6-4-2-3-5-7-12/h11-12H,2-10H2,1H3,(H,19,20). The number of carbonyl (C=O) groups is 1. The summed E-state index contributed by atoms with van der Waals surface area (Å²) in [5, 5.41) is 20.8. The topological polar surface area (TPSA) is 80.9 Å². The Balaban J connectivity index is 1.89. The number of carboxylic acids is 1. The third-order valence-corrected chi connectivity index (χ3v) is 4.25. The molecule has 0 aliphatic heterocycles. The molecule has 0 saturated heterocycles. The number of aromatic nitrogens is 4. The fourth-order valence-corrected chi connectivity index (χ4v) is 2.81. The maximum atomic E-state index is 10.8. The molecule has 0 bridgehead atoms. The minimum atomic E-state index is -0.761. The predicted molar refractivity (Wildman–Crippen MR) is 74.1 cm³/mol. The van der Waals surface area contributed by atoms with E-state index in [1.54, 1.807) is 11.6 Å². The van der Waals surface area contributed by atoms with Crippen LogP contribution in [0.4, 0.5) is 0 Å². The van der Waals surface area contributed by atoms with Crippen LogP contribution in [0.15, 0.2) is 0 Å². The van der Waals surface area contributed by atoms with Crippen molar-refractivity contribution in [3.05, 3.63) is 5.82 Å². The van der Waals surface area contributed by atoms with Crippen molar-refractivity contribution in [3.8, 4) is 0 Å². The first-order chi connectivity index (χ1) is 9.66. The molecule has 1 unspecified atom stereocenters. The van der Waals surface area contributed by atoms with Crippen LogP contribution in [0.25, 0.3) is 0 Å². The van der Waals surface area contributed by atoms with E-state index in [1.165, 1.54) is 38.5 Å². The largest absolute Gasteiger partial charge is 0.481 e. The van der Waals surface area contributed by atoms with Crippen LogP contribution < -0.4 is 0 Å². The van der Waals surface area contributed by atoms with Crippen molar-refractivity contribution in [2.75, 3.05) is 0 Å². The van der Waals surface area contributed by atoms with Crippen LogP contribution >= 0.6 is 0 Å². The highest BCUT2D eigenvalue weighted by atomic mass is 16.4. The summed E-state index contributed by atoms with van der Waals surface area (Å²) >= 11 is 0. The lowest BCUT2D eigenvalue weighted by Gasteiger charge is -2.13. The second-order valence-corrected chi connectivity index (χ2v) is 5.91. The number of aryl methyl sites for hydroxylation is 1. The SMILES string of the molecule is CC(CCn1nnnc1CC1CCCCCC1)C(=O)O. The highest BCUT2D eigenvalue weighted by molar-refractivity contribution is 5.69. The first-order valence-corrected chi connectivity index (χ1v) is 7.64. The quantitative estimate of drug-likeness (QED) is 0.809. The normalized spacial score (nSPS) is 18.6. The molecule has 1 aromatic heterocycles. The summed E-state index contributed by atoms with van der Waals surface area (Å²) in [6, 6.07) is 0. The maximum absolute atomic E-state index is 10.8. The highest BCUT2D eigenvalue weighted by Crippen LogP contribution is 2.25. The smallest absolute Gasteiger partial charge is 0.306 e. The lowest BCUT2D eigenvalue weighted by molar-refractivity contribution is -0.141. The summed E-state index contributed by atoms with van der Waals surface area (Å²) < 4.78 is 1.78. The van der Waals surface area contributed by atoms with Gasteiger partial charge in [-0.25, -0.2) is 4.68 Å². The molecule has 1 aromatic rings. The van der Waals surface area contributed by atoms with E-state index in [2.05, 4.69) is 15.5 Å². The van der Waals surface area contributed by atoms with E-state index < -0.39 is 5.97 Å². The summed E-state index contributed by atoms with van der Waals surface area (Å²) in [5.74, 6) is 0.474. The maximum Gasteiger partial charge on any atom is 0.306 e. The lowest BCUT2D eigenvalue weighted by atomic mass is 9.96. The molecule has 0 amide bonds. The number of hydrogen-bond donors (Lipinski definition) is 1. The first kappa shape index (κ1) is 14.9. The molecule has 1 fully saturated rings. The fraction of sp³-hybridized carbons (Fsp3) is 0.857. The van der Waals surface area contributed by atoms with Gasteiger partial charge in [-0.1, -0.05) is 45.4 Å². The number of rotatable bonds is 6. The molecule has 0 aromatic carbocycles. The van der Waals surface area contributed by atoms with E-state index >= 15 is 0 Å². The summed E-state index contributed by atoms with van der Waals surface area (Å²) in [4.78, 5) is 10.8. The Kier molecular flexibility index (Phi) is 5.49. The lowest BCUT2D eigenvalue weighted by Crippen LogP contribution is -2.16. The molecule has 6 nitrogen and oxygen atoms in total. The summed E-state index contributed by atoms with van der Waals surface area (Å²) in [7, 11) is 0. The average Bonchev–Trinajstić information content (AvgIpc) is 2.69. The average molecular weight is 280 g/mol. The zero-order valence-corrected chi connectivity index (χ0v) is 12.2. The van der Waals surface area contributed by atoms with Crippen LogP contribution in [0.5, 0.6) is 0 Å². The Morgan fingerprint density at radius 3 is 2.70 bits per heavy atom. The molecule has 0 spiro atoms. The van der Waals surface area contributed by atoms with Gasteiger partial charge in [0.25, 0.3) is 0 Å². The molecule has 2 rings (SSSR count). The van der Waals surface area contributed by atoms with Crippen LogP contribution in [0, 0.1) is 11.8 Å². The van der Waals surface area contributed by atoms with Gasteiger partial charge in [-0.15, -0.1) is 5.10 Å². The first-order valence-electron chi connectivity index (χ1n) is 7.64. The number of nitrogens with zero attached hydrogens (tertiary/aromatic N) is 4. The Morgan fingerprint density at radius 2 is 2.05 bits per heavy atom. The van der Waals surface area contributed by atoms with Gasteiger partial charge in [0.1, 0.15) is 0 Å². The van der Waals surface area contributed by atoms with E-state index in [0.29, 0.717) is 18.9 Å². The fourth-order valence-electron chi connectivity index (χ4n) is 2.81. The molecular weight excluding hydrogens is 256 g/mol. The molecule has 1 N–H and O–H groups in total. The third kappa shape index (κ3) is 4.28. The van der Waals surface area contributed by atoms with Crippen molar-refractivity contribution < 1.29 is 9.90 Å². The number of carboxylic acid groups (broad SMARTS) is 1. The molecule has 1 saturated carbocycles. The Labute approximate surface area is 119 Å². The van der Waals surface area contributed by atoms with Crippen molar-refractivity contribution in [2.45, 2.75) is 64.8 Å². The van der Waals surface area contributed by atoms with E-state index in [4.69, 9.17) is 5.11 Å². The molecule has 1 aliphatic rings. The van der Waals surface area contributed by atoms with Gasteiger partial charge in [-0.3, -0.25) is 4.79 Å². The zero-order chi connectivity index (χ0) is 14.4. The molecule has 112 valence electrons. The van der Waals surface area contributed by atoms with Crippen LogP contribution in [0.1, 0.15) is 57.7 Å². The summed E-state index contributed by atoms with van der Waals surface area (Å²) in [6.45, 7) is 2.31. The second-order valence-electron chi connectivity index (χ2n) is 5.91. The van der Waals surface area contributed by atoms with Gasteiger partial charge < -0.3 is 5.11 Å². The van der Waals surface area contributed by atoms with Gasteiger partial charge in [0.2, 0.25) is 0 Å². The van der Waals surface area contributed by atoms with Gasteiger partial charge in [-0.05, 0) is 22.8 Å².